The molecule has 0 fully saturated rings. The molecule has 2 heterocycles. The number of benzene rings is 2. The highest BCUT2D eigenvalue weighted by molar-refractivity contribution is 5.77. The third kappa shape index (κ3) is 2.59. The Kier molecular flexibility index (Phi) is 3.55. The van der Waals surface area contributed by atoms with Crippen LogP contribution in [0.3, 0.4) is 0 Å². The molecule has 4 rings (SSSR count). The summed E-state index contributed by atoms with van der Waals surface area (Å²) in [6, 6.07) is 20.1. The fourth-order valence-corrected chi connectivity index (χ4v) is 2.12. The molecule has 20 heavy (non-hydrogen) atoms. The van der Waals surface area contributed by atoms with Gasteiger partial charge in [0.15, 0.2) is 0 Å². The molecule has 0 aliphatic rings. The third-order valence-corrected chi connectivity index (χ3v) is 3.19. The van der Waals surface area contributed by atoms with Crippen LogP contribution >= 0.6 is 0 Å². The Morgan fingerprint density at radius 1 is 0.800 bits per heavy atom. The van der Waals surface area contributed by atoms with Crippen molar-refractivity contribution in [3.05, 3.63) is 72.7 Å². The molecule has 100 valence electrons. The van der Waals surface area contributed by atoms with Gasteiger partial charge in [-0.2, -0.15) is 0 Å². The molecule has 0 aliphatic carbocycles. The van der Waals surface area contributed by atoms with E-state index in [0.717, 1.165) is 28.7 Å². The van der Waals surface area contributed by atoms with Gasteiger partial charge in [0.2, 0.25) is 0 Å². The topological polar surface area (TPSA) is 26.3 Å². The number of furan rings is 2. The van der Waals surface area contributed by atoms with E-state index in [1.54, 1.807) is 6.26 Å². The Bertz CT molecular complexity index is 745. The summed E-state index contributed by atoms with van der Waals surface area (Å²) in [4.78, 5) is 0. The van der Waals surface area contributed by atoms with Crippen LogP contribution in [0, 0.1) is 0 Å². The predicted octanol–water partition coefficient (Wildman–Crippen LogP) is 5.43. The second kappa shape index (κ2) is 5.66. The maximum Gasteiger partial charge on any atom is 0.134 e. The number of aryl methyl sites for hydroxylation is 1. The smallest absolute Gasteiger partial charge is 0.134 e. The van der Waals surface area contributed by atoms with Gasteiger partial charge in [0.05, 0.1) is 6.26 Å². The molecule has 2 aromatic carbocycles. The molecule has 0 bridgehead atoms. The van der Waals surface area contributed by atoms with Crippen molar-refractivity contribution in [2.24, 2.45) is 0 Å². The Labute approximate surface area is 117 Å². The quantitative estimate of drug-likeness (QED) is 0.458. The molecule has 0 radical (unpaired) electrons. The van der Waals surface area contributed by atoms with Crippen LogP contribution in [0.25, 0.3) is 21.9 Å². The summed E-state index contributed by atoms with van der Waals surface area (Å²) in [5, 5.41) is 2.36. The molecule has 0 unspecified atom stereocenters. The van der Waals surface area contributed by atoms with Crippen molar-refractivity contribution in [1.29, 1.82) is 0 Å². The second-order valence-corrected chi connectivity index (χ2v) is 4.56. The van der Waals surface area contributed by atoms with Gasteiger partial charge in [-0.15, -0.1) is 0 Å². The lowest BCUT2D eigenvalue weighted by molar-refractivity contribution is 0.557. The Morgan fingerprint density at radius 2 is 1.50 bits per heavy atom. The molecule has 2 nitrogen and oxygen atoms in total. The molecular weight excluding hydrogens is 248 g/mol. The van der Waals surface area contributed by atoms with Crippen molar-refractivity contribution in [1.82, 2.24) is 0 Å². The lowest BCUT2D eigenvalue weighted by Crippen LogP contribution is -1.67. The summed E-state index contributed by atoms with van der Waals surface area (Å²) in [6.45, 7) is 2.09. The lowest BCUT2D eigenvalue weighted by Gasteiger charge is -1.83. The zero-order valence-corrected chi connectivity index (χ0v) is 11.4. The van der Waals surface area contributed by atoms with E-state index in [2.05, 4.69) is 19.1 Å². The zero-order chi connectivity index (χ0) is 13.8. The van der Waals surface area contributed by atoms with Crippen molar-refractivity contribution in [3.63, 3.8) is 0 Å². The Morgan fingerprint density at radius 3 is 2.20 bits per heavy atom. The number of rotatable bonds is 1. The highest BCUT2D eigenvalue weighted by Gasteiger charge is 1.98. The van der Waals surface area contributed by atoms with Crippen LogP contribution in [-0.4, -0.2) is 0 Å². The third-order valence-electron chi connectivity index (χ3n) is 3.19. The minimum Gasteiger partial charge on any atom is -0.464 e. The van der Waals surface area contributed by atoms with Crippen molar-refractivity contribution in [3.8, 4) is 0 Å². The van der Waals surface area contributed by atoms with E-state index in [1.165, 1.54) is 5.39 Å². The summed E-state index contributed by atoms with van der Waals surface area (Å²) in [5.41, 5.74) is 1.95. The van der Waals surface area contributed by atoms with Gasteiger partial charge in [0.25, 0.3) is 0 Å². The number of fused-ring (bicyclic) bond motifs is 2. The molecule has 0 N–H and O–H groups in total. The summed E-state index contributed by atoms with van der Waals surface area (Å²) >= 11 is 0. The largest absolute Gasteiger partial charge is 0.464 e. The summed E-state index contributed by atoms with van der Waals surface area (Å²) < 4.78 is 10.6. The van der Waals surface area contributed by atoms with Gasteiger partial charge in [-0.1, -0.05) is 43.3 Å². The fraction of sp³-hybridized carbons (Fsp3) is 0.111. The van der Waals surface area contributed by atoms with E-state index < -0.39 is 0 Å². The van der Waals surface area contributed by atoms with Crippen LogP contribution < -0.4 is 0 Å². The molecule has 4 aromatic rings. The minimum atomic E-state index is 0.956. The first-order valence-corrected chi connectivity index (χ1v) is 6.76. The number of hydrogen-bond donors (Lipinski definition) is 0. The first-order valence-electron chi connectivity index (χ1n) is 6.76. The molecule has 0 saturated heterocycles. The second-order valence-electron chi connectivity index (χ2n) is 4.56. The summed E-state index contributed by atoms with van der Waals surface area (Å²) in [6.07, 6.45) is 2.67. The fourth-order valence-electron chi connectivity index (χ4n) is 2.12. The van der Waals surface area contributed by atoms with Crippen LogP contribution in [0.1, 0.15) is 12.7 Å². The average Bonchev–Trinajstić information content (AvgIpc) is 3.13. The van der Waals surface area contributed by atoms with Crippen molar-refractivity contribution >= 4 is 21.9 Å². The molecule has 0 saturated carbocycles. The normalized spacial score (nSPS) is 10.4. The van der Waals surface area contributed by atoms with E-state index in [0.29, 0.717) is 0 Å². The first kappa shape index (κ1) is 12.5. The predicted molar refractivity (Wildman–Crippen MR) is 81.8 cm³/mol. The van der Waals surface area contributed by atoms with E-state index in [9.17, 15) is 0 Å². The standard InChI is InChI=1S/C10H10O.C8H6O/c1-2-9-7-8-5-3-4-6-10(8)11-9;1-2-4-8-7(3-1)5-6-9-8/h3-7H,2H2,1H3;1-6H. The van der Waals surface area contributed by atoms with Crippen molar-refractivity contribution < 1.29 is 8.83 Å². The Hall–Kier alpha value is -2.48. The molecule has 2 aromatic heterocycles. The maximum absolute atomic E-state index is 5.52. The van der Waals surface area contributed by atoms with Crippen LogP contribution in [0.5, 0.6) is 0 Å². The molecule has 0 aliphatic heterocycles. The van der Waals surface area contributed by atoms with Gasteiger partial charge in [-0.25, -0.2) is 0 Å². The highest BCUT2D eigenvalue weighted by atomic mass is 16.3. The lowest BCUT2D eigenvalue weighted by atomic mass is 10.2. The van der Waals surface area contributed by atoms with Gasteiger partial charge in [0.1, 0.15) is 16.9 Å². The average molecular weight is 264 g/mol. The highest BCUT2D eigenvalue weighted by Crippen LogP contribution is 2.18. The van der Waals surface area contributed by atoms with Gasteiger partial charge in [0, 0.05) is 17.2 Å². The zero-order valence-electron chi connectivity index (χ0n) is 11.4. The molecular formula is C18H16O2. The summed E-state index contributed by atoms with van der Waals surface area (Å²) in [5.74, 6) is 1.06. The monoisotopic (exact) mass is 264 g/mol. The van der Waals surface area contributed by atoms with Crippen LogP contribution in [0.15, 0.2) is 75.8 Å². The van der Waals surface area contributed by atoms with Gasteiger partial charge < -0.3 is 8.83 Å². The molecule has 0 spiro atoms. The van der Waals surface area contributed by atoms with Gasteiger partial charge >= 0.3 is 0 Å². The SMILES string of the molecule is CCc1cc2ccccc2o1.c1ccc2occc2c1. The van der Waals surface area contributed by atoms with E-state index in [-0.39, 0.29) is 0 Å². The minimum absolute atomic E-state index is 0.956. The van der Waals surface area contributed by atoms with Gasteiger partial charge in [-0.05, 0) is 24.3 Å². The van der Waals surface area contributed by atoms with Crippen molar-refractivity contribution in [2.45, 2.75) is 13.3 Å². The Balaban J connectivity index is 0.000000123. The van der Waals surface area contributed by atoms with E-state index >= 15 is 0 Å². The van der Waals surface area contributed by atoms with Crippen molar-refractivity contribution in [2.75, 3.05) is 0 Å². The molecule has 0 amide bonds. The number of hydrogen-bond acceptors (Lipinski definition) is 2. The van der Waals surface area contributed by atoms with Crippen LogP contribution in [0.4, 0.5) is 0 Å². The van der Waals surface area contributed by atoms with E-state index in [4.69, 9.17) is 8.83 Å². The van der Waals surface area contributed by atoms with Crippen LogP contribution in [-0.2, 0) is 6.42 Å². The van der Waals surface area contributed by atoms with E-state index in [1.807, 2.05) is 48.5 Å². The number of para-hydroxylation sites is 2. The van der Waals surface area contributed by atoms with Gasteiger partial charge in [-0.3, -0.25) is 0 Å². The maximum atomic E-state index is 5.52. The first-order chi connectivity index (χ1) is 9.86. The molecule has 0 atom stereocenters. The van der Waals surface area contributed by atoms with Crippen LogP contribution in [0.2, 0.25) is 0 Å². The summed E-state index contributed by atoms with van der Waals surface area (Å²) in [7, 11) is 0. The molecule has 2 heteroatoms.